The normalized spacial score (nSPS) is 11.9. The molecule has 0 saturated carbocycles. The van der Waals surface area contributed by atoms with Gasteiger partial charge in [-0.25, -0.2) is 4.68 Å². The van der Waals surface area contributed by atoms with E-state index in [2.05, 4.69) is 15.7 Å². The van der Waals surface area contributed by atoms with Crippen molar-refractivity contribution >= 4 is 17.9 Å². The molecule has 148 valence electrons. The summed E-state index contributed by atoms with van der Waals surface area (Å²) in [4.78, 5) is 24.1. The number of aromatic nitrogens is 2. The van der Waals surface area contributed by atoms with E-state index in [9.17, 15) is 9.59 Å². The summed E-state index contributed by atoms with van der Waals surface area (Å²) in [5.41, 5.74) is 3.77. The molecule has 2 amide bonds. The van der Waals surface area contributed by atoms with Gasteiger partial charge < -0.3 is 10.6 Å². The molecule has 1 unspecified atom stereocenters. The molecule has 0 bridgehead atoms. The zero-order valence-electron chi connectivity index (χ0n) is 16.5. The summed E-state index contributed by atoms with van der Waals surface area (Å²) in [5, 5.41) is 9.92. The maximum atomic E-state index is 12.2. The van der Waals surface area contributed by atoms with Crippen LogP contribution in [0.1, 0.15) is 29.8 Å². The van der Waals surface area contributed by atoms with Crippen LogP contribution < -0.4 is 10.6 Å². The van der Waals surface area contributed by atoms with Crippen molar-refractivity contribution in [2.75, 3.05) is 6.54 Å². The lowest BCUT2D eigenvalue weighted by molar-refractivity contribution is -0.124. The van der Waals surface area contributed by atoms with E-state index in [0.717, 1.165) is 22.5 Å². The zero-order valence-corrected chi connectivity index (χ0v) is 16.5. The number of nitrogens with one attached hydrogen (secondary N) is 2. The predicted molar refractivity (Wildman–Crippen MR) is 113 cm³/mol. The molecule has 29 heavy (non-hydrogen) atoms. The lowest BCUT2D eigenvalue weighted by Gasteiger charge is -2.14. The second-order valence-electron chi connectivity index (χ2n) is 6.68. The van der Waals surface area contributed by atoms with E-state index in [-0.39, 0.29) is 24.4 Å². The Kier molecular flexibility index (Phi) is 6.58. The van der Waals surface area contributed by atoms with Gasteiger partial charge >= 0.3 is 0 Å². The van der Waals surface area contributed by atoms with Crippen LogP contribution in [0, 0.1) is 6.92 Å². The first-order valence-electron chi connectivity index (χ1n) is 9.45. The number of para-hydroxylation sites is 1. The summed E-state index contributed by atoms with van der Waals surface area (Å²) >= 11 is 0. The average molecular weight is 388 g/mol. The standard InChI is InChI=1S/C23H24N4O2/c1-17(21-15-25-27(18(21)2)20-11-7-4-8-12-20)26-23(29)16-24-22(28)14-13-19-9-5-3-6-10-19/h3-15,17H,16H2,1-2H3,(H,24,28)(H,26,29)/b14-13+. The first kappa shape index (κ1) is 20.1. The molecule has 0 fully saturated rings. The van der Waals surface area contributed by atoms with Crippen LogP contribution >= 0.6 is 0 Å². The zero-order chi connectivity index (χ0) is 20.6. The first-order valence-corrected chi connectivity index (χ1v) is 9.45. The molecule has 0 aliphatic heterocycles. The molecule has 6 nitrogen and oxygen atoms in total. The van der Waals surface area contributed by atoms with Gasteiger partial charge in [0.1, 0.15) is 0 Å². The van der Waals surface area contributed by atoms with Gasteiger partial charge in [-0.15, -0.1) is 0 Å². The number of rotatable bonds is 7. The minimum Gasteiger partial charge on any atom is -0.348 e. The Balaban J connectivity index is 1.52. The largest absolute Gasteiger partial charge is 0.348 e. The lowest BCUT2D eigenvalue weighted by Crippen LogP contribution is -2.37. The molecular formula is C23H24N4O2. The van der Waals surface area contributed by atoms with Crippen molar-refractivity contribution < 1.29 is 9.59 Å². The van der Waals surface area contributed by atoms with Gasteiger partial charge in [-0.1, -0.05) is 48.5 Å². The fourth-order valence-corrected chi connectivity index (χ4v) is 3.01. The van der Waals surface area contributed by atoms with Crippen molar-refractivity contribution in [2.45, 2.75) is 19.9 Å². The van der Waals surface area contributed by atoms with E-state index < -0.39 is 0 Å². The van der Waals surface area contributed by atoms with Crippen molar-refractivity contribution in [3.63, 3.8) is 0 Å². The number of hydrogen-bond donors (Lipinski definition) is 2. The van der Waals surface area contributed by atoms with Crippen LogP contribution in [-0.4, -0.2) is 28.1 Å². The molecule has 0 aliphatic rings. The molecule has 0 radical (unpaired) electrons. The third-order valence-electron chi connectivity index (χ3n) is 4.54. The van der Waals surface area contributed by atoms with Crippen molar-refractivity contribution in [3.8, 4) is 5.69 Å². The third kappa shape index (κ3) is 5.42. The highest BCUT2D eigenvalue weighted by molar-refractivity contribution is 5.94. The molecule has 1 atom stereocenters. The fourth-order valence-electron chi connectivity index (χ4n) is 3.01. The van der Waals surface area contributed by atoms with Gasteiger partial charge in [0, 0.05) is 17.3 Å². The molecule has 0 saturated heterocycles. The molecule has 0 spiro atoms. The smallest absolute Gasteiger partial charge is 0.244 e. The number of carbonyl (C=O) groups excluding carboxylic acids is 2. The molecular weight excluding hydrogens is 364 g/mol. The van der Waals surface area contributed by atoms with Crippen LogP contribution in [0.25, 0.3) is 11.8 Å². The lowest BCUT2D eigenvalue weighted by atomic mass is 10.1. The number of nitrogens with zero attached hydrogens (tertiary/aromatic N) is 2. The van der Waals surface area contributed by atoms with E-state index >= 15 is 0 Å². The molecule has 0 aliphatic carbocycles. The number of hydrogen-bond acceptors (Lipinski definition) is 3. The summed E-state index contributed by atoms with van der Waals surface area (Å²) in [5.74, 6) is -0.574. The second-order valence-corrected chi connectivity index (χ2v) is 6.68. The maximum absolute atomic E-state index is 12.2. The van der Waals surface area contributed by atoms with Crippen LogP contribution in [0.5, 0.6) is 0 Å². The van der Waals surface area contributed by atoms with Gasteiger partial charge in [-0.3, -0.25) is 9.59 Å². The number of benzene rings is 2. The highest BCUT2D eigenvalue weighted by atomic mass is 16.2. The van der Waals surface area contributed by atoms with Crippen LogP contribution in [0.4, 0.5) is 0 Å². The Labute approximate surface area is 170 Å². The van der Waals surface area contributed by atoms with E-state index in [1.54, 1.807) is 12.3 Å². The van der Waals surface area contributed by atoms with E-state index in [0.29, 0.717) is 0 Å². The van der Waals surface area contributed by atoms with Crippen molar-refractivity contribution in [2.24, 2.45) is 0 Å². The Morgan fingerprint density at radius 2 is 1.72 bits per heavy atom. The van der Waals surface area contributed by atoms with Crippen LogP contribution in [0.15, 0.2) is 72.9 Å². The van der Waals surface area contributed by atoms with Crippen LogP contribution in [0.3, 0.4) is 0 Å². The summed E-state index contributed by atoms with van der Waals surface area (Å²) in [6.45, 7) is 3.77. The predicted octanol–water partition coefficient (Wildman–Crippen LogP) is 3.19. The highest BCUT2D eigenvalue weighted by Gasteiger charge is 2.16. The average Bonchev–Trinajstić information content (AvgIpc) is 3.13. The van der Waals surface area contributed by atoms with E-state index in [4.69, 9.17) is 0 Å². The first-order chi connectivity index (χ1) is 14.0. The third-order valence-corrected chi connectivity index (χ3v) is 4.54. The second kappa shape index (κ2) is 9.50. The van der Waals surface area contributed by atoms with Crippen molar-refractivity contribution in [3.05, 3.63) is 89.8 Å². The summed E-state index contributed by atoms with van der Waals surface area (Å²) in [6, 6.07) is 19.1. The molecule has 2 aromatic carbocycles. The van der Waals surface area contributed by atoms with Gasteiger partial charge in [-0.05, 0) is 37.6 Å². The molecule has 3 aromatic rings. The van der Waals surface area contributed by atoms with E-state index in [1.165, 1.54) is 6.08 Å². The number of amides is 2. The Morgan fingerprint density at radius 1 is 1.07 bits per heavy atom. The van der Waals surface area contributed by atoms with Gasteiger partial charge in [-0.2, -0.15) is 5.10 Å². The van der Waals surface area contributed by atoms with Gasteiger partial charge in [0.15, 0.2) is 0 Å². The van der Waals surface area contributed by atoms with Gasteiger partial charge in [0.25, 0.3) is 0 Å². The minimum atomic E-state index is -0.315. The van der Waals surface area contributed by atoms with Crippen LogP contribution in [-0.2, 0) is 9.59 Å². The molecule has 3 rings (SSSR count). The molecule has 1 heterocycles. The van der Waals surface area contributed by atoms with Crippen molar-refractivity contribution in [1.29, 1.82) is 0 Å². The number of carbonyl (C=O) groups is 2. The van der Waals surface area contributed by atoms with Crippen molar-refractivity contribution in [1.82, 2.24) is 20.4 Å². The summed E-state index contributed by atoms with van der Waals surface area (Å²) in [6.07, 6.45) is 4.88. The van der Waals surface area contributed by atoms with Crippen LogP contribution in [0.2, 0.25) is 0 Å². The Bertz CT molecular complexity index is 994. The summed E-state index contributed by atoms with van der Waals surface area (Å²) in [7, 11) is 0. The molecule has 1 aromatic heterocycles. The quantitative estimate of drug-likeness (QED) is 0.611. The minimum absolute atomic E-state index is 0.0891. The molecule has 6 heteroatoms. The highest BCUT2D eigenvalue weighted by Crippen LogP contribution is 2.19. The Morgan fingerprint density at radius 3 is 2.41 bits per heavy atom. The van der Waals surface area contributed by atoms with E-state index in [1.807, 2.05) is 79.2 Å². The van der Waals surface area contributed by atoms with Gasteiger partial charge in [0.05, 0.1) is 24.5 Å². The monoisotopic (exact) mass is 388 g/mol. The topological polar surface area (TPSA) is 76.0 Å². The molecule has 2 N–H and O–H groups in total. The van der Waals surface area contributed by atoms with Gasteiger partial charge in [0.2, 0.25) is 11.8 Å². The SMILES string of the molecule is Cc1c(C(C)NC(=O)CNC(=O)/C=C/c2ccccc2)cnn1-c1ccccc1. The summed E-state index contributed by atoms with van der Waals surface area (Å²) < 4.78 is 1.84. The Hall–Kier alpha value is -3.67. The maximum Gasteiger partial charge on any atom is 0.244 e. The fraction of sp³-hybridized carbons (Fsp3) is 0.174.